The molecule has 0 radical (unpaired) electrons. The predicted octanol–water partition coefficient (Wildman–Crippen LogP) is 0.675. The van der Waals surface area contributed by atoms with Crippen molar-refractivity contribution in [2.45, 2.75) is 37.8 Å². The third-order valence-corrected chi connectivity index (χ3v) is 3.98. The fourth-order valence-corrected chi connectivity index (χ4v) is 3.35. The summed E-state index contributed by atoms with van der Waals surface area (Å²) in [5.74, 6) is 1.45. The Morgan fingerprint density at radius 3 is 2.92 bits per heavy atom. The van der Waals surface area contributed by atoms with Gasteiger partial charge < -0.3 is 10.5 Å². The first-order valence-electron chi connectivity index (χ1n) is 5.20. The summed E-state index contributed by atoms with van der Waals surface area (Å²) in [5.41, 5.74) is 6.05. The Kier molecular flexibility index (Phi) is 1.48. The molecule has 2 aliphatic heterocycles. The summed E-state index contributed by atoms with van der Waals surface area (Å²) in [6.45, 7) is 0. The number of ether oxygens (including phenoxy) is 1. The Balaban J connectivity index is 1.98. The first-order chi connectivity index (χ1) is 6.24. The predicted molar refractivity (Wildman–Crippen MR) is 46.8 cm³/mol. The molecule has 72 valence electrons. The molecule has 13 heavy (non-hydrogen) atoms. The topological polar surface area (TPSA) is 52.3 Å². The number of carbonyl (C=O) groups is 1. The molecular weight excluding hydrogens is 166 g/mol. The van der Waals surface area contributed by atoms with Crippen LogP contribution in [0.2, 0.25) is 0 Å². The van der Waals surface area contributed by atoms with E-state index in [0.717, 1.165) is 19.3 Å². The van der Waals surface area contributed by atoms with Gasteiger partial charge in [-0.05, 0) is 37.5 Å². The first kappa shape index (κ1) is 7.80. The molecular formula is C10H15NO2. The van der Waals surface area contributed by atoms with Gasteiger partial charge >= 0.3 is 5.97 Å². The quantitative estimate of drug-likeness (QED) is 0.559. The van der Waals surface area contributed by atoms with Gasteiger partial charge in [0.1, 0.15) is 6.10 Å². The van der Waals surface area contributed by atoms with Gasteiger partial charge in [0.2, 0.25) is 0 Å². The fourth-order valence-electron chi connectivity index (χ4n) is 3.35. The maximum Gasteiger partial charge on any atom is 0.309 e. The van der Waals surface area contributed by atoms with Crippen molar-refractivity contribution in [3.63, 3.8) is 0 Å². The van der Waals surface area contributed by atoms with Gasteiger partial charge in [0.15, 0.2) is 0 Å². The van der Waals surface area contributed by atoms with Crippen LogP contribution in [0.1, 0.15) is 25.7 Å². The van der Waals surface area contributed by atoms with E-state index in [2.05, 4.69) is 0 Å². The second-order valence-corrected chi connectivity index (χ2v) is 4.82. The van der Waals surface area contributed by atoms with Crippen molar-refractivity contribution in [1.29, 1.82) is 0 Å². The number of nitrogens with two attached hydrogens (primary N) is 1. The number of hydrogen-bond donors (Lipinski definition) is 1. The van der Waals surface area contributed by atoms with Gasteiger partial charge in [-0.1, -0.05) is 0 Å². The fraction of sp³-hybridized carbons (Fsp3) is 0.900. The Morgan fingerprint density at radius 1 is 1.23 bits per heavy atom. The van der Waals surface area contributed by atoms with E-state index in [-0.39, 0.29) is 24.0 Å². The Labute approximate surface area is 77.6 Å². The van der Waals surface area contributed by atoms with Gasteiger partial charge in [0, 0.05) is 6.04 Å². The standard InChI is InChI=1S/C10H15NO2/c11-9-6-1-5-2-7(4-6)10(12)13-8(9)3-5/h5-9H,1-4,11H2. The molecule has 5 atom stereocenters. The van der Waals surface area contributed by atoms with Crippen LogP contribution >= 0.6 is 0 Å². The van der Waals surface area contributed by atoms with Crippen LogP contribution in [-0.2, 0) is 9.53 Å². The van der Waals surface area contributed by atoms with Crippen molar-refractivity contribution in [1.82, 2.24) is 0 Å². The van der Waals surface area contributed by atoms with E-state index in [1.54, 1.807) is 0 Å². The molecule has 2 heterocycles. The third-order valence-electron chi connectivity index (χ3n) is 3.98. The lowest BCUT2D eigenvalue weighted by molar-refractivity contribution is -0.151. The third kappa shape index (κ3) is 1.03. The zero-order valence-electron chi connectivity index (χ0n) is 7.61. The van der Waals surface area contributed by atoms with E-state index in [1.165, 1.54) is 6.42 Å². The number of hydrogen-bond acceptors (Lipinski definition) is 3. The van der Waals surface area contributed by atoms with Crippen molar-refractivity contribution in [2.75, 3.05) is 0 Å². The lowest BCUT2D eigenvalue weighted by atomic mass is 9.66. The molecule has 0 amide bonds. The molecule has 4 rings (SSSR count). The largest absolute Gasteiger partial charge is 0.460 e. The van der Waals surface area contributed by atoms with E-state index in [0.29, 0.717) is 11.8 Å². The van der Waals surface area contributed by atoms with Crippen molar-refractivity contribution >= 4 is 5.97 Å². The zero-order valence-corrected chi connectivity index (χ0v) is 7.61. The molecule has 0 aromatic heterocycles. The van der Waals surface area contributed by atoms with Crippen molar-refractivity contribution < 1.29 is 9.53 Å². The van der Waals surface area contributed by atoms with Crippen LogP contribution in [0.3, 0.4) is 0 Å². The summed E-state index contributed by atoms with van der Waals surface area (Å²) in [7, 11) is 0. The van der Waals surface area contributed by atoms with Crippen LogP contribution < -0.4 is 5.73 Å². The van der Waals surface area contributed by atoms with Crippen molar-refractivity contribution in [3.8, 4) is 0 Å². The van der Waals surface area contributed by atoms with E-state index < -0.39 is 0 Å². The normalized spacial score (nSPS) is 53.3. The second-order valence-electron chi connectivity index (χ2n) is 4.82. The van der Waals surface area contributed by atoms with Crippen molar-refractivity contribution in [3.05, 3.63) is 0 Å². The maximum absolute atomic E-state index is 11.5. The van der Waals surface area contributed by atoms with Gasteiger partial charge in [0.25, 0.3) is 0 Å². The average molecular weight is 181 g/mol. The highest BCUT2D eigenvalue weighted by Crippen LogP contribution is 2.46. The Bertz CT molecular complexity index is 253. The smallest absolute Gasteiger partial charge is 0.309 e. The molecule has 0 aromatic carbocycles. The SMILES string of the molecule is NC1C2CC3CC(C2)C(=O)OC1C3. The molecule has 2 aliphatic carbocycles. The number of esters is 1. The highest BCUT2D eigenvalue weighted by atomic mass is 16.5. The van der Waals surface area contributed by atoms with Gasteiger partial charge in [0.05, 0.1) is 5.92 Å². The molecule has 5 unspecified atom stereocenters. The molecule has 3 heteroatoms. The summed E-state index contributed by atoms with van der Waals surface area (Å²) in [5, 5.41) is 0. The van der Waals surface area contributed by atoms with Crippen LogP contribution in [0.25, 0.3) is 0 Å². The molecule has 4 bridgehead atoms. The molecule has 2 N–H and O–H groups in total. The van der Waals surface area contributed by atoms with Gasteiger partial charge in [-0.2, -0.15) is 0 Å². The van der Waals surface area contributed by atoms with E-state index in [1.807, 2.05) is 0 Å². The molecule has 4 fully saturated rings. The molecule has 2 saturated heterocycles. The van der Waals surface area contributed by atoms with E-state index in [4.69, 9.17) is 10.5 Å². The number of carbonyl (C=O) groups excluding carboxylic acids is 1. The minimum absolute atomic E-state index is 0.0187. The molecule has 4 aliphatic rings. The lowest BCUT2D eigenvalue weighted by Crippen LogP contribution is -2.48. The van der Waals surface area contributed by atoms with Gasteiger partial charge in [-0.3, -0.25) is 4.79 Å². The molecule has 2 saturated carbocycles. The molecule has 0 aromatic rings. The molecule has 0 spiro atoms. The van der Waals surface area contributed by atoms with Crippen LogP contribution in [0.15, 0.2) is 0 Å². The average Bonchev–Trinajstić information content (AvgIpc) is 2.26. The zero-order chi connectivity index (χ0) is 9.00. The van der Waals surface area contributed by atoms with Crippen LogP contribution in [0, 0.1) is 17.8 Å². The number of rotatable bonds is 0. The second kappa shape index (κ2) is 2.47. The van der Waals surface area contributed by atoms with Crippen LogP contribution in [0.4, 0.5) is 0 Å². The van der Waals surface area contributed by atoms with Gasteiger partial charge in [-0.15, -0.1) is 0 Å². The maximum atomic E-state index is 11.5. The van der Waals surface area contributed by atoms with E-state index in [9.17, 15) is 4.79 Å². The minimum Gasteiger partial charge on any atom is -0.460 e. The highest BCUT2D eigenvalue weighted by Gasteiger charge is 2.48. The first-order valence-corrected chi connectivity index (χ1v) is 5.20. The van der Waals surface area contributed by atoms with Crippen molar-refractivity contribution in [2.24, 2.45) is 23.5 Å². The van der Waals surface area contributed by atoms with Crippen LogP contribution in [-0.4, -0.2) is 18.1 Å². The lowest BCUT2D eigenvalue weighted by Gasteiger charge is -2.40. The summed E-state index contributed by atoms with van der Waals surface area (Å²) < 4.78 is 5.38. The monoisotopic (exact) mass is 181 g/mol. The minimum atomic E-state index is 0.0187. The summed E-state index contributed by atoms with van der Waals surface area (Å²) in [4.78, 5) is 11.5. The highest BCUT2D eigenvalue weighted by molar-refractivity contribution is 5.73. The van der Waals surface area contributed by atoms with Gasteiger partial charge in [-0.25, -0.2) is 0 Å². The Hall–Kier alpha value is -0.570. The van der Waals surface area contributed by atoms with Crippen LogP contribution in [0.5, 0.6) is 0 Å². The van der Waals surface area contributed by atoms with E-state index >= 15 is 0 Å². The Morgan fingerprint density at radius 2 is 2.08 bits per heavy atom. The molecule has 3 nitrogen and oxygen atoms in total. The summed E-state index contributed by atoms with van der Waals surface area (Å²) >= 11 is 0. The number of fused-ring (bicyclic) bond motifs is 1. The summed E-state index contributed by atoms with van der Waals surface area (Å²) in [6.07, 6.45) is 4.31. The summed E-state index contributed by atoms with van der Waals surface area (Å²) in [6, 6.07) is 0.116.